The van der Waals surface area contributed by atoms with Crippen molar-refractivity contribution in [1.29, 1.82) is 0 Å². The summed E-state index contributed by atoms with van der Waals surface area (Å²) in [4.78, 5) is 15.6. The number of carbonyl (C=O) groups excluding carboxylic acids is 1. The highest BCUT2D eigenvalue weighted by molar-refractivity contribution is 5.90. The molecule has 1 saturated heterocycles. The highest BCUT2D eigenvalue weighted by atomic mass is 16.5. The number of nitrogens with one attached hydrogen (secondary N) is 2. The molecule has 2 amide bonds. The van der Waals surface area contributed by atoms with Gasteiger partial charge in [-0.05, 0) is 37.8 Å². The molecule has 1 aliphatic carbocycles. The summed E-state index contributed by atoms with van der Waals surface area (Å²) in [6.07, 6.45) is 10.5. The fourth-order valence-corrected chi connectivity index (χ4v) is 4.95. The normalized spacial score (nSPS) is 20.6. The van der Waals surface area contributed by atoms with Crippen LogP contribution in [0.25, 0.3) is 5.70 Å². The zero-order valence-corrected chi connectivity index (χ0v) is 20.2. The van der Waals surface area contributed by atoms with Gasteiger partial charge in [0.05, 0.1) is 24.0 Å². The number of allylic oxidation sites excluding steroid dienone is 5. The van der Waals surface area contributed by atoms with Crippen LogP contribution in [0, 0.1) is 0 Å². The maximum Gasteiger partial charge on any atom is 0.320 e. The van der Waals surface area contributed by atoms with Gasteiger partial charge in [0.1, 0.15) is 5.82 Å². The van der Waals surface area contributed by atoms with Crippen molar-refractivity contribution in [1.82, 2.24) is 20.0 Å². The lowest BCUT2D eigenvalue weighted by Crippen LogP contribution is -2.42. The molecule has 2 N–H and O–H groups in total. The number of amides is 2. The van der Waals surface area contributed by atoms with Crippen LogP contribution in [0.2, 0.25) is 0 Å². The van der Waals surface area contributed by atoms with E-state index in [4.69, 9.17) is 9.84 Å². The summed E-state index contributed by atoms with van der Waals surface area (Å²) in [6.45, 7) is 8.93. The van der Waals surface area contributed by atoms with Crippen molar-refractivity contribution in [2.45, 2.75) is 38.1 Å². The van der Waals surface area contributed by atoms with Crippen LogP contribution in [0.5, 0.6) is 0 Å². The third-order valence-corrected chi connectivity index (χ3v) is 6.63. The smallest absolute Gasteiger partial charge is 0.320 e. The first-order valence-corrected chi connectivity index (χ1v) is 12.0. The van der Waals surface area contributed by atoms with Crippen molar-refractivity contribution in [2.75, 3.05) is 38.7 Å². The number of rotatable bonds is 9. The number of anilines is 1. The first kappa shape index (κ1) is 24.0. The Morgan fingerprint density at radius 1 is 1.26 bits per heavy atom. The Balaban J connectivity index is 1.53. The summed E-state index contributed by atoms with van der Waals surface area (Å²) in [6, 6.07) is 10.2. The lowest BCUT2D eigenvalue weighted by atomic mass is 9.94. The van der Waals surface area contributed by atoms with Gasteiger partial charge in [-0.1, -0.05) is 55.1 Å². The fraction of sp³-hybridized carbons (Fsp3) is 0.407. The average molecular weight is 462 g/mol. The van der Waals surface area contributed by atoms with Crippen LogP contribution in [0.4, 0.5) is 10.6 Å². The highest BCUT2D eigenvalue weighted by Crippen LogP contribution is 2.32. The second-order valence-electron chi connectivity index (χ2n) is 8.82. The van der Waals surface area contributed by atoms with E-state index in [1.54, 1.807) is 13.2 Å². The van der Waals surface area contributed by atoms with E-state index >= 15 is 0 Å². The Hall–Kier alpha value is -3.16. The van der Waals surface area contributed by atoms with Gasteiger partial charge in [-0.15, -0.1) is 0 Å². The predicted octanol–water partition coefficient (Wildman–Crippen LogP) is 4.21. The Kier molecular flexibility index (Phi) is 7.98. The Labute approximate surface area is 202 Å². The maximum absolute atomic E-state index is 13.3. The lowest BCUT2D eigenvalue weighted by Gasteiger charge is -2.21. The molecule has 2 aliphatic rings. The summed E-state index contributed by atoms with van der Waals surface area (Å²) >= 11 is 0. The van der Waals surface area contributed by atoms with Crippen LogP contribution in [0.1, 0.15) is 36.1 Å². The van der Waals surface area contributed by atoms with Crippen molar-refractivity contribution in [3.05, 3.63) is 78.0 Å². The summed E-state index contributed by atoms with van der Waals surface area (Å²) in [5, 5.41) is 11.2. The summed E-state index contributed by atoms with van der Waals surface area (Å²) < 4.78 is 7.12. The molecule has 0 saturated carbocycles. The summed E-state index contributed by atoms with van der Waals surface area (Å²) in [5.41, 5.74) is 4.34. The standard InChI is InChI=1S/C27H35N5O2/c1-4-6-13-21(5-2)32-26(22-14-10-15-24(22)30-32)29-27(33)28-25-19-31(16-17-34-3)18-23(25)20-11-8-7-9-12-20/h4-9,11-13,23,25H,1,10,14-19H2,2-3H3,(H2,28,29,33)/b13-6-,21-5+/t23?,25-/m1/s1. The van der Waals surface area contributed by atoms with Crippen molar-refractivity contribution in [3.8, 4) is 0 Å². The molecule has 0 spiro atoms. The van der Waals surface area contributed by atoms with Crippen LogP contribution < -0.4 is 10.6 Å². The molecule has 34 heavy (non-hydrogen) atoms. The molecule has 1 aromatic carbocycles. The topological polar surface area (TPSA) is 71.4 Å². The number of ether oxygens (including phenoxy) is 1. The largest absolute Gasteiger partial charge is 0.383 e. The molecule has 180 valence electrons. The monoisotopic (exact) mass is 461 g/mol. The van der Waals surface area contributed by atoms with Crippen LogP contribution in [0.15, 0.2) is 61.2 Å². The SMILES string of the molecule is C=C/C=C\C(=C/C)n1nc2c(c1NC(=O)N[C@@H]1CN(CCOC)CC1c1ccccc1)CCC2. The van der Waals surface area contributed by atoms with E-state index in [0.29, 0.717) is 6.61 Å². The second kappa shape index (κ2) is 11.3. The second-order valence-corrected chi connectivity index (χ2v) is 8.82. The van der Waals surface area contributed by atoms with E-state index in [9.17, 15) is 4.79 Å². The zero-order valence-electron chi connectivity index (χ0n) is 20.2. The Morgan fingerprint density at radius 3 is 2.82 bits per heavy atom. The van der Waals surface area contributed by atoms with Crippen molar-refractivity contribution >= 4 is 17.5 Å². The summed E-state index contributed by atoms with van der Waals surface area (Å²) in [7, 11) is 1.72. The van der Waals surface area contributed by atoms with Gasteiger partial charge < -0.3 is 10.1 Å². The number of likely N-dealkylation sites (tertiary alicyclic amines) is 1. The van der Waals surface area contributed by atoms with E-state index in [1.165, 1.54) is 5.56 Å². The van der Waals surface area contributed by atoms with Gasteiger partial charge in [0.2, 0.25) is 0 Å². The maximum atomic E-state index is 13.3. The molecule has 1 aliphatic heterocycles. The van der Waals surface area contributed by atoms with E-state index in [1.807, 2.05) is 35.9 Å². The molecule has 1 aromatic heterocycles. The number of benzene rings is 1. The minimum atomic E-state index is -0.196. The van der Waals surface area contributed by atoms with Gasteiger partial charge in [0.15, 0.2) is 0 Å². The molecule has 7 nitrogen and oxygen atoms in total. The minimum absolute atomic E-state index is 0.00512. The van der Waals surface area contributed by atoms with Crippen LogP contribution in [-0.4, -0.2) is 60.1 Å². The van der Waals surface area contributed by atoms with Crippen LogP contribution >= 0.6 is 0 Å². The van der Waals surface area contributed by atoms with E-state index < -0.39 is 0 Å². The molecule has 0 bridgehead atoms. The molecule has 4 rings (SSSR count). The molecule has 0 radical (unpaired) electrons. The number of carbonyl (C=O) groups is 1. The summed E-state index contributed by atoms with van der Waals surface area (Å²) in [5.74, 6) is 0.985. The highest BCUT2D eigenvalue weighted by Gasteiger charge is 2.35. The molecule has 1 unspecified atom stereocenters. The molecule has 2 heterocycles. The molecular formula is C27H35N5O2. The van der Waals surface area contributed by atoms with Crippen LogP contribution in [-0.2, 0) is 17.6 Å². The number of aryl methyl sites for hydroxylation is 1. The third-order valence-electron chi connectivity index (χ3n) is 6.63. The van der Waals surface area contributed by atoms with Crippen molar-refractivity contribution in [2.24, 2.45) is 0 Å². The Morgan fingerprint density at radius 2 is 2.09 bits per heavy atom. The lowest BCUT2D eigenvalue weighted by molar-refractivity contribution is 0.159. The molecule has 2 aromatic rings. The molecule has 7 heteroatoms. The fourth-order valence-electron chi connectivity index (χ4n) is 4.95. The Bertz CT molecular complexity index is 1060. The third kappa shape index (κ3) is 5.32. The molecular weight excluding hydrogens is 426 g/mol. The minimum Gasteiger partial charge on any atom is -0.383 e. The van der Waals surface area contributed by atoms with E-state index in [-0.39, 0.29) is 18.0 Å². The van der Waals surface area contributed by atoms with E-state index in [2.05, 4.69) is 46.4 Å². The number of urea groups is 1. The number of aromatic nitrogens is 2. The number of hydrogen-bond donors (Lipinski definition) is 2. The van der Waals surface area contributed by atoms with Crippen LogP contribution in [0.3, 0.4) is 0 Å². The zero-order chi connectivity index (χ0) is 23.9. The van der Waals surface area contributed by atoms with Crippen molar-refractivity contribution in [3.63, 3.8) is 0 Å². The quantitative estimate of drug-likeness (QED) is 0.549. The number of hydrogen-bond acceptors (Lipinski definition) is 4. The number of nitrogens with zero attached hydrogens (tertiary/aromatic N) is 3. The number of methoxy groups -OCH3 is 1. The van der Waals surface area contributed by atoms with Gasteiger partial charge in [-0.2, -0.15) is 5.10 Å². The average Bonchev–Trinajstić information content (AvgIpc) is 3.55. The van der Waals surface area contributed by atoms with Crippen molar-refractivity contribution < 1.29 is 9.53 Å². The molecule has 2 atom stereocenters. The van der Waals surface area contributed by atoms with Gasteiger partial charge in [0, 0.05) is 38.2 Å². The molecule has 1 fully saturated rings. The van der Waals surface area contributed by atoms with Gasteiger partial charge in [0.25, 0.3) is 0 Å². The number of fused-ring (bicyclic) bond motifs is 1. The first-order chi connectivity index (χ1) is 16.6. The first-order valence-electron chi connectivity index (χ1n) is 12.0. The van der Waals surface area contributed by atoms with Gasteiger partial charge in [-0.3, -0.25) is 10.2 Å². The predicted molar refractivity (Wildman–Crippen MR) is 137 cm³/mol. The van der Waals surface area contributed by atoms with Gasteiger partial charge in [-0.25, -0.2) is 9.48 Å². The van der Waals surface area contributed by atoms with Gasteiger partial charge >= 0.3 is 6.03 Å². The van der Waals surface area contributed by atoms with E-state index in [0.717, 1.165) is 61.7 Å².